The molecule has 1 N–H and O–H groups in total. The van der Waals surface area contributed by atoms with E-state index in [1.165, 1.54) is 24.4 Å². The summed E-state index contributed by atoms with van der Waals surface area (Å²) >= 11 is 0. The molecule has 1 amide bonds. The number of imidazole rings is 1. The Bertz CT molecular complexity index is 1990. The fourth-order valence-electron chi connectivity index (χ4n) is 9.35. The summed E-state index contributed by atoms with van der Waals surface area (Å²) in [6.07, 6.45) is 7.64. The van der Waals surface area contributed by atoms with Crippen LogP contribution in [0, 0.1) is 26.6 Å². The van der Waals surface area contributed by atoms with Crippen LogP contribution in [0.25, 0.3) is 11.0 Å². The number of para-hydroxylation sites is 2. The number of fused-ring (bicyclic) bond motifs is 3. The molecule has 8 nitrogen and oxygen atoms in total. The number of sulfonamides is 1. The van der Waals surface area contributed by atoms with E-state index in [0.29, 0.717) is 55.3 Å². The Kier molecular flexibility index (Phi) is 9.65. The highest BCUT2D eigenvalue weighted by Crippen LogP contribution is 2.45. The number of benzene rings is 3. The van der Waals surface area contributed by atoms with Crippen LogP contribution in [-0.2, 0) is 15.4 Å². The van der Waals surface area contributed by atoms with Crippen LogP contribution in [0.2, 0.25) is 0 Å². The molecule has 0 aliphatic carbocycles. The first-order chi connectivity index (χ1) is 24.0. The minimum Gasteiger partial charge on any atom is -0.339 e. The molecule has 10 heteroatoms. The van der Waals surface area contributed by atoms with Crippen molar-refractivity contribution in [2.45, 2.75) is 107 Å². The van der Waals surface area contributed by atoms with Gasteiger partial charge < -0.3 is 9.47 Å². The third-order valence-electron chi connectivity index (χ3n) is 12.0. The van der Waals surface area contributed by atoms with Gasteiger partial charge in [0.1, 0.15) is 11.6 Å². The van der Waals surface area contributed by atoms with Gasteiger partial charge in [0.25, 0.3) is 5.91 Å². The van der Waals surface area contributed by atoms with Gasteiger partial charge >= 0.3 is 0 Å². The molecule has 3 aliphatic heterocycles. The number of amides is 1. The summed E-state index contributed by atoms with van der Waals surface area (Å²) in [5, 5.41) is 0. The first-order valence-corrected chi connectivity index (χ1v) is 19.8. The van der Waals surface area contributed by atoms with Gasteiger partial charge in [-0.25, -0.2) is 22.5 Å². The molecule has 0 spiro atoms. The monoisotopic (exact) mass is 699 g/mol. The maximum absolute atomic E-state index is 14.7. The standard InChI is InChI=1S/C40H50FN5O3S/c1-5-20-42-50(48,49)37-16-13-27(2)38(28(37)3)39(47)44-21-17-40(18-22-44,30-9-8-10-31(41)24-30)19-23-45-32-14-15-33(45)26-34(25-32)46-29(4)43-35-11-6-7-12-36(35)46/h6-13,16,24,32-34,42H,5,14-15,17-23,25-26H2,1-4H3/t32-,33+,34?. The van der Waals surface area contributed by atoms with Crippen LogP contribution >= 0.6 is 0 Å². The second-order valence-corrected chi connectivity index (χ2v) is 16.6. The number of carbonyl (C=O) groups excluding carboxylic acids is 1. The quantitative estimate of drug-likeness (QED) is 0.189. The van der Waals surface area contributed by atoms with E-state index < -0.39 is 10.0 Å². The topological polar surface area (TPSA) is 87.5 Å². The Balaban J connectivity index is 1.08. The second-order valence-electron chi connectivity index (χ2n) is 14.9. The number of likely N-dealkylation sites (tertiary alicyclic amines) is 1. The van der Waals surface area contributed by atoms with Crippen molar-refractivity contribution in [3.63, 3.8) is 0 Å². The number of hydrogen-bond acceptors (Lipinski definition) is 5. The van der Waals surface area contributed by atoms with Crippen LogP contribution in [0.3, 0.4) is 0 Å². The lowest BCUT2D eigenvalue weighted by Gasteiger charge is -2.46. The number of aryl methyl sites for hydroxylation is 2. The lowest BCUT2D eigenvalue weighted by molar-refractivity contribution is 0.0605. The van der Waals surface area contributed by atoms with Gasteiger partial charge in [-0.1, -0.05) is 37.3 Å². The zero-order valence-corrected chi connectivity index (χ0v) is 30.6. The van der Waals surface area contributed by atoms with E-state index in [-0.39, 0.29) is 22.0 Å². The zero-order valence-electron chi connectivity index (χ0n) is 29.8. The molecule has 0 radical (unpaired) electrons. The minimum absolute atomic E-state index is 0.136. The second kappa shape index (κ2) is 13.8. The third-order valence-corrected chi connectivity index (χ3v) is 13.6. The molecule has 3 aliphatic rings. The average Bonchev–Trinajstić information content (AvgIpc) is 3.56. The molecule has 50 heavy (non-hydrogen) atoms. The average molecular weight is 700 g/mol. The van der Waals surface area contributed by atoms with Crippen molar-refractivity contribution < 1.29 is 17.6 Å². The van der Waals surface area contributed by atoms with Crippen LogP contribution in [0.4, 0.5) is 4.39 Å². The highest BCUT2D eigenvalue weighted by Gasteiger charge is 2.44. The first kappa shape index (κ1) is 34.8. The molecule has 1 aromatic heterocycles. The van der Waals surface area contributed by atoms with E-state index in [0.717, 1.165) is 61.1 Å². The van der Waals surface area contributed by atoms with Crippen molar-refractivity contribution in [3.8, 4) is 0 Å². The van der Waals surface area contributed by atoms with Crippen molar-refractivity contribution in [1.82, 2.24) is 24.1 Å². The van der Waals surface area contributed by atoms with Gasteiger partial charge in [-0.2, -0.15) is 0 Å². The molecule has 3 saturated heterocycles. The van der Waals surface area contributed by atoms with Crippen molar-refractivity contribution >= 4 is 27.0 Å². The number of rotatable bonds is 10. The van der Waals surface area contributed by atoms with Gasteiger partial charge in [0, 0.05) is 43.3 Å². The molecule has 7 rings (SSSR count). The van der Waals surface area contributed by atoms with E-state index >= 15 is 0 Å². The smallest absolute Gasteiger partial charge is 0.254 e. The number of aromatic nitrogens is 2. The summed E-state index contributed by atoms with van der Waals surface area (Å²) in [7, 11) is -3.73. The lowest BCUT2D eigenvalue weighted by Crippen LogP contribution is -2.49. The van der Waals surface area contributed by atoms with Crippen molar-refractivity contribution in [2.24, 2.45) is 0 Å². The molecule has 3 fully saturated rings. The number of hydrogen-bond donors (Lipinski definition) is 1. The first-order valence-electron chi connectivity index (χ1n) is 18.4. The molecule has 4 aromatic rings. The number of nitrogens with one attached hydrogen (secondary N) is 1. The third kappa shape index (κ3) is 6.39. The molecule has 1 unspecified atom stereocenters. The fraction of sp³-hybridized carbons (Fsp3) is 0.500. The largest absolute Gasteiger partial charge is 0.339 e. The number of carbonyl (C=O) groups is 1. The van der Waals surface area contributed by atoms with Gasteiger partial charge in [-0.15, -0.1) is 0 Å². The Morgan fingerprint density at radius 3 is 2.38 bits per heavy atom. The normalized spacial score (nSPS) is 22.3. The Labute approximate surface area is 296 Å². The summed E-state index contributed by atoms with van der Waals surface area (Å²) in [5.74, 6) is 0.718. The van der Waals surface area contributed by atoms with Crippen molar-refractivity contribution in [2.75, 3.05) is 26.2 Å². The predicted molar refractivity (Wildman–Crippen MR) is 195 cm³/mol. The SMILES string of the molecule is CCCNS(=O)(=O)c1ccc(C)c(C(=O)N2CCC(CCN3[C@@H]4CC[C@H]3CC(n3c(C)nc5ccccc53)C4)(c3cccc(F)c3)CC2)c1C. The summed E-state index contributed by atoms with van der Waals surface area (Å²) < 4.78 is 46.0. The van der Waals surface area contributed by atoms with Gasteiger partial charge in [0.05, 0.1) is 15.9 Å². The summed E-state index contributed by atoms with van der Waals surface area (Å²) in [5.41, 5.74) is 4.75. The van der Waals surface area contributed by atoms with E-state index in [4.69, 9.17) is 4.98 Å². The van der Waals surface area contributed by atoms with Crippen molar-refractivity contribution in [3.05, 3.63) is 94.6 Å². The molecule has 4 heterocycles. The van der Waals surface area contributed by atoms with Gasteiger partial charge in [-0.3, -0.25) is 9.69 Å². The van der Waals surface area contributed by atoms with Crippen molar-refractivity contribution in [1.29, 1.82) is 0 Å². The minimum atomic E-state index is -3.73. The molecular formula is C40H50FN5O3S. The van der Waals surface area contributed by atoms with E-state index in [1.54, 1.807) is 25.1 Å². The molecule has 0 saturated carbocycles. The Morgan fingerprint density at radius 1 is 0.960 bits per heavy atom. The van der Waals surface area contributed by atoms with E-state index in [9.17, 15) is 17.6 Å². The zero-order chi connectivity index (χ0) is 35.2. The molecule has 2 bridgehead atoms. The van der Waals surface area contributed by atoms with E-state index in [1.807, 2.05) is 24.8 Å². The number of nitrogens with zero attached hydrogens (tertiary/aromatic N) is 4. The lowest BCUT2D eigenvalue weighted by atomic mass is 9.70. The molecule has 266 valence electrons. The van der Waals surface area contributed by atoms with Crippen LogP contribution in [0.1, 0.15) is 97.2 Å². The van der Waals surface area contributed by atoms with Crippen LogP contribution in [0.15, 0.2) is 65.6 Å². The predicted octanol–water partition coefficient (Wildman–Crippen LogP) is 7.22. The van der Waals surface area contributed by atoms with Crippen LogP contribution in [0.5, 0.6) is 0 Å². The molecular weight excluding hydrogens is 650 g/mol. The van der Waals surface area contributed by atoms with Gasteiger partial charge in [0.15, 0.2) is 0 Å². The summed E-state index contributed by atoms with van der Waals surface area (Å²) in [6, 6.07) is 20.3. The highest BCUT2D eigenvalue weighted by atomic mass is 32.2. The Hall–Kier alpha value is -3.60. The number of halogens is 1. The molecule has 3 atom stereocenters. The summed E-state index contributed by atoms with van der Waals surface area (Å²) in [6.45, 7) is 9.98. The van der Waals surface area contributed by atoms with Gasteiger partial charge in [0.2, 0.25) is 10.0 Å². The fourth-order valence-corrected chi connectivity index (χ4v) is 10.7. The number of piperidine rings is 2. The Morgan fingerprint density at radius 2 is 1.68 bits per heavy atom. The van der Waals surface area contributed by atoms with Crippen LogP contribution in [-0.4, -0.2) is 71.9 Å². The maximum atomic E-state index is 14.7. The maximum Gasteiger partial charge on any atom is 0.254 e. The molecule has 3 aromatic carbocycles. The van der Waals surface area contributed by atoms with Crippen LogP contribution < -0.4 is 4.72 Å². The van der Waals surface area contributed by atoms with Gasteiger partial charge in [-0.05, 0) is 131 Å². The van der Waals surface area contributed by atoms with E-state index in [2.05, 4.69) is 51.4 Å². The summed E-state index contributed by atoms with van der Waals surface area (Å²) in [4.78, 5) is 23.7. The highest BCUT2D eigenvalue weighted by molar-refractivity contribution is 7.89.